The lowest BCUT2D eigenvalue weighted by molar-refractivity contribution is -0.145. The van der Waals surface area contributed by atoms with E-state index in [0.29, 0.717) is 25.9 Å². The van der Waals surface area contributed by atoms with Gasteiger partial charge >= 0.3 is 0 Å². The fourth-order valence-corrected chi connectivity index (χ4v) is 1.96. The summed E-state index contributed by atoms with van der Waals surface area (Å²) >= 11 is 0. The second-order valence-corrected chi connectivity index (χ2v) is 4.32. The molecule has 0 aromatic rings. The molecule has 0 bridgehead atoms. The molecule has 0 unspecified atom stereocenters. The summed E-state index contributed by atoms with van der Waals surface area (Å²) in [5.41, 5.74) is -0.859. The molecule has 0 atom stereocenters. The van der Waals surface area contributed by atoms with Gasteiger partial charge in [0.15, 0.2) is 0 Å². The van der Waals surface area contributed by atoms with Gasteiger partial charge in [0, 0.05) is 13.1 Å². The fraction of sp³-hybridized carbons (Fsp3) is 0.750. The minimum absolute atomic E-state index is 0.0482. The summed E-state index contributed by atoms with van der Waals surface area (Å²) in [5, 5.41) is 11.7. The highest BCUT2D eigenvalue weighted by Crippen LogP contribution is 2.41. The molecule has 0 aromatic carbocycles. The van der Waals surface area contributed by atoms with E-state index < -0.39 is 5.41 Å². The van der Waals surface area contributed by atoms with Crippen molar-refractivity contribution in [2.75, 3.05) is 19.6 Å². The monoisotopic (exact) mass is 237 g/mol. The van der Waals surface area contributed by atoms with E-state index in [9.17, 15) is 9.59 Å². The van der Waals surface area contributed by atoms with Gasteiger partial charge in [-0.15, -0.1) is 0 Å². The van der Waals surface area contributed by atoms with Crippen LogP contribution in [0.5, 0.6) is 0 Å². The van der Waals surface area contributed by atoms with Crippen molar-refractivity contribution >= 4 is 11.8 Å². The van der Waals surface area contributed by atoms with Gasteiger partial charge in [-0.2, -0.15) is 5.26 Å². The van der Waals surface area contributed by atoms with Crippen LogP contribution in [0, 0.1) is 16.7 Å². The molecule has 1 saturated carbocycles. The molecule has 2 amide bonds. The molecule has 1 N–H and O–H groups in total. The lowest BCUT2D eigenvalue weighted by atomic mass is 9.69. The highest BCUT2D eigenvalue weighted by molar-refractivity contribution is 5.90. The van der Waals surface area contributed by atoms with Gasteiger partial charge < -0.3 is 10.2 Å². The van der Waals surface area contributed by atoms with Crippen molar-refractivity contribution in [2.45, 2.75) is 33.1 Å². The van der Waals surface area contributed by atoms with Crippen molar-refractivity contribution < 1.29 is 9.59 Å². The van der Waals surface area contributed by atoms with E-state index in [2.05, 4.69) is 11.4 Å². The SMILES string of the molecule is CCNC(=O)CN(CC)C(=O)C1(C#N)CCC1. The Bertz CT molecular complexity index is 342. The second-order valence-electron chi connectivity index (χ2n) is 4.32. The fourth-order valence-electron chi connectivity index (χ4n) is 1.96. The summed E-state index contributed by atoms with van der Waals surface area (Å²) < 4.78 is 0. The predicted molar refractivity (Wildman–Crippen MR) is 62.8 cm³/mol. The molecule has 94 valence electrons. The smallest absolute Gasteiger partial charge is 0.243 e. The third-order valence-corrected chi connectivity index (χ3v) is 3.21. The number of carbonyl (C=O) groups is 2. The summed E-state index contributed by atoms with van der Waals surface area (Å²) in [7, 11) is 0. The Hall–Kier alpha value is -1.57. The molecule has 1 rings (SSSR count). The van der Waals surface area contributed by atoms with E-state index in [4.69, 9.17) is 5.26 Å². The maximum atomic E-state index is 12.2. The van der Waals surface area contributed by atoms with Crippen LogP contribution in [0.25, 0.3) is 0 Å². The lowest BCUT2D eigenvalue weighted by Crippen LogP contribution is -2.50. The van der Waals surface area contributed by atoms with Gasteiger partial charge in [0.25, 0.3) is 0 Å². The summed E-state index contributed by atoms with van der Waals surface area (Å²) in [5.74, 6) is -0.366. The van der Waals surface area contributed by atoms with Crippen LogP contribution >= 0.6 is 0 Å². The maximum Gasteiger partial charge on any atom is 0.243 e. The average Bonchev–Trinajstić information content (AvgIpc) is 2.25. The van der Waals surface area contributed by atoms with Crippen LogP contribution in [-0.4, -0.2) is 36.3 Å². The zero-order chi connectivity index (χ0) is 12.9. The molecule has 0 aliphatic heterocycles. The third kappa shape index (κ3) is 2.76. The highest BCUT2D eigenvalue weighted by atomic mass is 16.2. The number of nitriles is 1. The highest BCUT2D eigenvalue weighted by Gasteiger charge is 2.46. The zero-order valence-electron chi connectivity index (χ0n) is 10.5. The summed E-state index contributed by atoms with van der Waals surface area (Å²) in [6, 6.07) is 2.11. The molecule has 5 nitrogen and oxygen atoms in total. The molecule has 0 spiro atoms. The molecule has 0 aromatic heterocycles. The van der Waals surface area contributed by atoms with Crippen LogP contribution in [0.1, 0.15) is 33.1 Å². The van der Waals surface area contributed by atoms with Gasteiger partial charge in [-0.25, -0.2) is 0 Å². The van der Waals surface area contributed by atoms with E-state index in [1.807, 2.05) is 13.8 Å². The van der Waals surface area contributed by atoms with Gasteiger partial charge in [-0.05, 0) is 33.1 Å². The maximum absolute atomic E-state index is 12.2. The topological polar surface area (TPSA) is 73.2 Å². The quantitative estimate of drug-likeness (QED) is 0.763. The van der Waals surface area contributed by atoms with Crippen molar-refractivity contribution in [3.05, 3.63) is 0 Å². The predicted octanol–water partition coefficient (Wildman–Crippen LogP) is 0.665. The molecule has 1 fully saturated rings. The number of likely N-dealkylation sites (N-methyl/N-ethyl adjacent to an activating group) is 2. The first-order chi connectivity index (χ1) is 8.09. The van der Waals surface area contributed by atoms with Crippen molar-refractivity contribution in [1.29, 1.82) is 5.26 Å². The molecular weight excluding hydrogens is 218 g/mol. The first-order valence-corrected chi connectivity index (χ1v) is 6.07. The molecule has 17 heavy (non-hydrogen) atoms. The standard InChI is InChI=1S/C12H19N3O2/c1-3-14-10(16)8-15(4-2)11(17)12(9-13)6-5-7-12/h3-8H2,1-2H3,(H,14,16). The third-order valence-electron chi connectivity index (χ3n) is 3.21. The van der Waals surface area contributed by atoms with Crippen LogP contribution in [0.3, 0.4) is 0 Å². The van der Waals surface area contributed by atoms with Gasteiger partial charge in [0.05, 0.1) is 12.6 Å². The summed E-state index contributed by atoms with van der Waals surface area (Å²) in [6.07, 6.45) is 2.15. The Labute approximate surface area is 102 Å². The van der Waals surface area contributed by atoms with E-state index in [-0.39, 0.29) is 18.4 Å². The zero-order valence-corrected chi connectivity index (χ0v) is 10.5. The molecule has 5 heteroatoms. The Morgan fingerprint density at radius 1 is 1.41 bits per heavy atom. The first-order valence-electron chi connectivity index (χ1n) is 6.07. The van der Waals surface area contributed by atoms with Crippen LogP contribution in [0.15, 0.2) is 0 Å². The van der Waals surface area contributed by atoms with Gasteiger partial charge in [0.2, 0.25) is 11.8 Å². The largest absolute Gasteiger partial charge is 0.355 e. The molecular formula is C12H19N3O2. The minimum atomic E-state index is -0.859. The molecule has 1 aliphatic rings. The number of hydrogen-bond donors (Lipinski definition) is 1. The number of nitrogens with zero attached hydrogens (tertiary/aromatic N) is 2. The average molecular weight is 237 g/mol. The summed E-state index contributed by atoms with van der Waals surface area (Å²) in [4.78, 5) is 25.1. The Morgan fingerprint density at radius 2 is 2.06 bits per heavy atom. The van der Waals surface area contributed by atoms with E-state index in [0.717, 1.165) is 6.42 Å². The van der Waals surface area contributed by atoms with Crippen molar-refractivity contribution in [1.82, 2.24) is 10.2 Å². The van der Waals surface area contributed by atoms with Gasteiger partial charge in [-0.3, -0.25) is 9.59 Å². The number of rotatable bonds is 5. The van der Waals surface area contributed by atoms with E-state index in [1.54, 1.807) is 0 Å². The van der Waals surface area contributed by atoms with Crippen LogP contribution in [0.4, 0.5) is 0 Å². The van der Waals surface area contributed by atoms with E-state index in [1.165, 1.54) is 4.90 Å². The van der Waals surface area contributed by atoms with Crippen LogP contribution in [0.2, 0.25) is 0 Å². The van der Waals surface area contributed by atoms with Crippen LogP contribution < -0.4 is 5.32 Å². The normalized spacial score (nSPS) is 16.5. The van der Waals surface area contributed by atoms with Gasteiger partial charge in [-0.1, -0.05) is 0 Å². The number of carbonyl (C=O) groups excluding carboxylic acids is 2. The van der Waals surface area contributed by atoms with Crippen molar-refractivity contribution in [2.24, 2.45) is 5.41 Å². The number of hydrogen-bond acceptors (Lipinski definition) is 3. The first kappa shape index (κ1) is 13.5. The Kier molecular flexibility index (Phi) is 4.50. The summed E-state index contributed by atoms with van der Waals surface area (Å²) in [6.45, 7) is 4.71. The van der Waals surface area contributed by atoms with Gasteiger partial charge in [0.1, 0.15) is 5.41 Å². The molecule has 0 radical (unpaired) electrons. The second kappa shape index (κ2) is 5.67. The Balaban J connectivity index is 2.64. The molecule has 1 aliphatic carbocycles. The lowest BCUT2D eigenvalue weighted by Gasteiger charge is -2.37. The number of amides is 2. The van der Waals surface area contributed by atoms with E-state index >= 15 is 0 Å². The molecule has 0 heterocycles. The van der Waals surface area contributed by atoms with Crippen molar-refractivity contribution in [3.8, 4) is 6.07 Å². The van der Waals surface area contributed by atoms with Crippen LogP contribution in [-0.2, 0) is 9.59 Å². The molecule has 0 saturated heterocycles. The van der Waals surface area contributed by atoms with Crippen molar-refractivity contribution in [3.63, 3.8) is 0 Å². The minimum Gasteiger partial charge on any atom is -0.355 e. The Morgan fingerprint density at radius 3 is 2.41 bits per heavy atom. The number of nitrogens with one attached hydrogen (secondary N) is 1.